The van der Waals surface area contributed by atoms with Crippen LogP contribution in [0.2, 0.25) is 0 Å². The van der Waals surface area contributed by atoms with Gasteiger partial charge in [0, 0.05) is 24.5 Å². The molecule has 0 aliphatic rings. The summed E-state index contributed by atoms with van der Waals surface area (Å²) in [5.41, 5.74) is 0. The molecule has 128 valence electrons. The summed E-state index contributed by atoms with van der Waals surface area (Å²) in [5, 5.41) is 5.54. The minimum Gasteiger partial charge on any atom is -0.355 e. The molecule has 1 aromatic heterocycles. The molecule has 0 saturated carbocycles. The summed E-state index contributed by atoms with van der Waals surface area (Å²) in [6.07, 6.45) is 0.633. The summed E-state index contributed by atoms with van der Waals surface area (Å²) >= 11 is 1.27. The Balaban J connectivity index is 0.00000441. The third-order valence-electron chi connectivity index (χ3n) is 2.97. The first kappa shape index (κ1) is 21.3. The number of carbonyl (C=O) groups is 1. The van der Waals surface area contributed by atoms with Gasteiger partial charge in [0.25, 0.3) is 10.0 Å². The number of nitrogens with zero attached hydrogens (tertiary/aromatic N) is 1. The smallest absolute Gasteiger partial charge is 0.252 e. The Bertz CT molecular complexity index is 557. The highest BCUT2D eigenvalue weighted by Crippen LogP contribution is 2.25. The van der Waals surface area contributed by atoms with Gasteiger partial charge in [-0.2, -0.15) is 4.31 Å². The number of hydrogen-bond donors (Lipinski definition) is 2. The highest BCUT2D eigenvalue weighted by atomic mass is 35.5. The van der Waals surface area contributed by atoms with Crippen molar-refractivity contribution in [3.8, 4) is 0 Å². The van der Waals surface area contributed by atoms with Crippen molar-refractivity contribution < 1.29 is 13.2 Å². The Kier molecular flexibility index (Phi) is 9.86. The van der Waals surface area contributed by atoms with Gasteiger partial charge in [0.2, 0.25) is 5.91 Å². The van der Waals surface area contributed by atoms with Crippen molar-refractivity contribution in [3.05, 3.63) is 17.0 Å². The fourth-order valence-corrected chi connectivity index (χ4v) is 4.84. The van der Waals surface area contributed by atoms with Crippen molar-refractivity contribution in [1.82, 2.24) is 14.9 Å². The van der Waals surface area contributed by atoms with E-state index in [2.05, 4.69) is 10.6 Å². The number of carbonyl (C=O) groups excluding carboxylic acids is 1. The van der Waals surface area contributed by atoms with Gasteiger partial charge in [-0.1, -0.05) is 13.8 Å². The molecule has 6 nitrogen and oxygen atoms in total. The molecule has 2 N–H and O–H groups in total. The van der Waals surface area contributed by atoms with Crippen LogP contribution in [0.4, 0.5) is 0 Å². The number of likely N-dealkylation sites (N-methyl/N-ethyl adjacent to an activating group) is 1. The van der Waals surface area contributed by atoms with E-state index < -0.39 is 10.0 Å². The number of nitrogens with one attached hydrogen (secondary N) is 2. The minimum atomic E-state index is -3.38. The first-order chi connectivity index (χ1) is 9.95. The predicted molar refractivity (Wildman–Crippen MR) is 92.3 cm³/mol. The average Bonchev–Trinajstić information content (AvgIpc) is 2.89. The second kappa shape index (κ2) is 10.2. The Morgan fingerprint density at radius 1 is 1.27 bits per heavy atom. The van der Waals surface area contributed by atoms with Crippen molar-refractivity contribution in [1.29, 1.82) is 0 Å². The van der Waals surface area contributed by atoms with E-state index in [1.54, 1.807) is 13.1 Å². The van der Waals surface area contributed by atoms with E-state index in [4.69, 9.17) is 0 Å². The number of thiophene rings is 1. The molecule has 0 bridgehead atoms. The lowest BCUT2D eigenvalue weighted by Gasteiger charge is -2.16. The van der Waals surface area contributed by atoms with Crippen molar-refractivity contribution in [2.24, 2.45) is 0 Å². The zero-order valence-corrected chi connectivity index (χ0v) is 15.5. The summed E-state index contributed by atoms with van der Waals surface area (Å²) in [5.74, 6) is -0.0648. The third-order valence-corrected chi connectivity index (χ3v) is 6.63. The van der Waals surface area contributed by atoms with E-state index in [-0.39, 0.29) is 24.9 Å². The summed E-state index contributed by atoms with van der Waals surface area (Å²) in [6.45, 7) is 5.37. The Labute approximate surface area is 142 Å². The van der Waals surface area contributed by atoms with Crippen LogP contribution in [0.25, 0.3) is 0 Å². The quantitative estimate of drug-likeness (QED) is 0.682. The van der Waals surface area contributed by atoms with Crippen LogP contribution in [-0.4, -0.2) is 51.9 Å². The van der Waals surface area contributed by atoms with Gasteiger partial charge in [-0.25, -0.2) is 8.42 Å². The molecule has 0 fully saturated rings. The Hall–Kier alpha value is -0.670. The average molecular weight is 370 g/mol. The summed E-state index contributed by atoms with van der Waals surface area (Å²) < 4.78 is 26.5. The molecule has 0 saturated heterocycles. The monoisotopic (exact) mass is 369 g/mol. The number of amides is 1. The predicted octanol–water partition coefficient (Wildman–Crippen LogP) is 1.08. The van der Waals surface area contributed by atoms with Crippen LogP contribution in [0, 0.1) is 0 Å². The number of sulfonamides is 1. The van der Waals surface area contributed by atoms with Crippen molar-refractivity contribution in [2.75, 3.05) is 33.2 Å². The maximum absolute atomic E-state index is 12.3. The summed E-state index contributed by atoms with van der Waals surface area (Å²) in [6, 6.07) is 3.45. The van der Waals surface area contributed by atoms with Crippen LogP contribution in [0.3, 0.4) is 0 Å². The molecule has 0 aromatic carbocycles. The van der Waals surface area contributed by atoms with E-state index in [1.807, 2.05) is 19.9 Å². The number of halogens is 1. The third kappa shape index (κ3) is 5.85. The van der Waals surface area contributed by atoms with Gasteiger partial charge in [0.1, 0.15) is 4.21 Å². The molecule has 0 aliphatic carbocycles. The van der Waals surface area contributed by atoms with Gasteiger partial charge in [0.05, 0.1) is 6.54 Å². The first-order valence-corrected chi connectivity index (χ1v) is 9.21. The largest absolute Gasteiger partial charge is 0.355 e. The molecule has 0 atom stereocenters. The van der Waals surface area contributed by atoms with Gasteiger partial charge >= 0.3 is 0 Å². The number of hydrogen-bond acceptors (Lipinski definition) is 5. The highest BCUT2D eigenvalue weighted by Gasteiger charge is 2.23. The van der Waals surface area contributed by atoms with Crippen molar-refractivity contribution >= 4 is 39.7 Å². The maximum Gasteiger partial charge on any atom is 0.252 e. The minimum absolute atomic E-state index is 0. The lowest BCUT2D eigenvalue weighted by molar-refractivity contribution is -0.120. The fraction of sp³-hybridized carbons (Fsp3) is 0.615. The lowest BCUT2D eigenvalue weighted by atomic mass is 10.3. The van der Waals surface area contributed by atoms with Crippen LogP contribution in [0.15, 0.2) is 16.3 Å². The maximum atomic E-state index is 12.3. The molecule has 1 rings (SSSR count). The topological polar surface area (TPSA) is 78.5 Å². The summed E-state index contributed by atoms with van der Waals surface area (Å²) in [4.78, 5) is 12.2. The second-order valence-electron chi connectivity index (χ2n) is 4.44. The Morgan fingerprint density at radius 3 is 2.45 bits per heavy atom. The molecule has 0 spiro atoms. The standard InChI is InChI=1S/C13H23N3O3S2.ClH/c1-4-16(5-2)21(18,19)13-7-6-11(20-13)8-9-15-12(17)10-14-3;/h6-7,14H,4-5,8-10H2,1-3H3,(H,15,17);1H. The Morgan fingerprint density at radius 2 is 1.91 bits per heavy atom. The molecular formula is C13H24ClN3O3S2. The second-order valence-corrected chi connectivity index (χ2v) is 7.77. The molecule has 1 aromatic rings. The summed E-state index contributed by atoms with van der Waals surface area (Å²) in [7, 11) is -1.66. The van der Waals surface area contributed by atoms with E-state index in [1.165, 1.54) is 15.6 Å². The normalized spacial score (nSPS) is 11.3. The molecule has 22 heavy (non-hydrogen) atoms. The number of rotatable bonds is 9. The molecule has 0 aliphatic heterocycles. The fourth-order valence-electron chi connectivity index (χ4n) is 1.87. The first-order valence-electron chi connectivity index (χ1n) is 6.95. The van der Waals surface area contributed by atoms with Crippen molar-refractivity contribution in [2.45, 2.75) is 24.5 Å². The SMILES string of the molecule is CCN(CC)S(=O)(=O)c1ccc(CCNC(=O)CNC)s1.Cl. The molecule has 9 heteroatoms. The van der Waals surface area contributed by atoms with E-state index in [0.717, 1.165) is 4.88 Å². The molecular weight excluding hydrogens is 346 g/mol. The zero-order valence-electron chi connectivity index (χ0n) is 13.1. The lowest BCUT2D eigenvalue weighted by Crippen LogP contribution is -2.33. The van der Waals surface area contributed by atoms with Crippen LogP contribution in [-0.2, 0) is 21.2 Å². The van der Waals surface area contributed by atoms with Gasteiger partial charge in [-0.05, 0) is 25.6 Å². The van der Waals surface area contributed by atoms with Gasteiger partial charge in [-0.15, -0.1) is 23.7 Å². The van der Waals surface area contributed by atoms with Crippen molar-refractivity contribution in [3.63, 3.8) is 0 Å². The molecule has 0 unspecified atom stereocenters. The van der Waals surface area contributed by atoms with Crippen LogP contribution < -0.4 is 10.6 Å². The van der Waals surface area contributed by atoms with E-state index >= 15 is 0 Å². The van der Waals surface area contributed by atoms with E-state index in [0.29, 0.717) is 30.3 Å². The van der Waals surface area contributed by atoms with E-state index in [9.17, 15) is 13.2 Å². The molecule has 0 radical (unpaired) electrons. The van der Waals surface area contributed by atoms with Gasteiger partial charge in [0.15, 0.2) is 0 Å². The van der Waals surface area contributed by atoms with Crippen LogP contribution >= 0.6 is 23.7 Å². The zero-order chi connectivity index (χ0) is 15.9. The highest BCUT2D eigenvalue weighted by molar-refractivity contribution is 7.91. The molecule has 1 heterocycles. The van der Waals surface area contributed by atoms with Gasteiger partial charge in [-0.3, -0.25) is 4.79 Å². The van der Waals surface area contributed by atoms with Gasteiger partial charge < -0.3 is 10.6 Å². The molecule has 1 amide bonds. The van der Waals surface area contributed by atoms with Crippen LogP contribution in [0.5, 0.6) is 0 Å². The van der Waals surface area contributed by atoms with Crippen LogP contribution in [0.1, 0.15) is 18.7 Å².